The Labute approximate surface area is 128 Å². The molecule has 118 valence electrons. The molecule has 7 nitrogen and oxygen atoms in total. The summed E-state index contributed by atoms with van der Waals surface area (Å²) in [6.45, 7) is 2.63. The Bertz CT molecular complexity index is 624. The summed E-state index contributed by atoms with van der Waals surface area (Å²) < 4.78 is 4.48. The van der Waals surface area contributed by atoms with Gasteiger partial charge in [-0.3, -0.25) is 10.1 Å². The molecule has 1 aliphatic rings. The molecular weight excluding hydrogens is 288 g/mol. The molecule has 0 amide bonds. The molecule has 1 unspecified atom stereocenters. The first-order valence-corrected chi connectivity index (χ1v) is 6.84. The highest BCUT2D eigenvalue weighted by Crippen LogP contribution is 2.34. The third-order valence-corrected chi connectivity index (χ3v) is 3.60. The minimum absolute atomic E-state index is 0.0512. The third-order valence-electron chi connectivity index (χ3n) is 3.60. The Morgan fingerprint density at radius 3 is 2.82 bits per heavy atom. The molecule has 22 heavy (non-hydrogen) atoms. The minimum atomic E-state index is -0.836. The highest BCUT2D eigenvalue weighted by atomic mass is 16.6. The van der Waals surface area contributed by atoms with Crippen LogP contribution >= 0.6 is 0 Å². The van der Waals surface area contributed by atoms with Gasteiger partial charge in [0.25, 0.3) is 5.69 Å². The number of esters is 1. The van der Waals surface area contributed by atoms with Crippen LogP contribution in [-0.2, 0) is 9.53 Å². The van der Waals surface area contributed by atoms with E-state index >= 15 is 0 Å². The molecule has 0 radical (unpaired) electrons. The Morgan fingerprint density at radius 2 is 2.27 bits per heavy atom. The van der Waals surface area contributed by atoms with Crippen LogP contribution in [0.15, 0.2) is 24.3 Å². The van der Waals surface area contributed by atoms with Crippen molar-refractivity contribution in [1.29, 1.82) is 0 Å². The second-order valence-electron chi connectivity index (χ2n) is 5.53. The molecule has 7 heteroatoms. The van der Waals surface area contributed by atoms with Gasteiger partial charge in [0.1, 0.15) is 5.69 Å². The van der Waals surface area contributed by atoms with Crippen LogP contribution in [0.3, 0.4) is 0 Å². The van der Waals surface area contributed by atoms with Gasteiger partial charge in [-0.2, -0.15) is 0 Å². The number of carbonyl (C=O) groups excluding carboxylic acids is 1. The standard InChI is InChI=1S/C15H18N2O5/c1-15(19)7-8-16(10-15)12-5-3-11(4-6-14(18)22-2)9-13(12)17(20)21/h3-6,9,19H,7-8,10H2,1-2H3/b6-4+. The van der Waals surface area contributed by atoms with Crippen molar-refractivity contribution in [1.82, 2.24) is 0 Å². The van der Waals surface area contributed by atoms with Gasteiger partial charge >= 0.3 is 5.97 Å². The molecule has 2 rings (SSSR count). The monoisotopic (exact) mass is 306 g/mol. The maximum absolute atomic E-state index is 11.3. The fraction of sp³-hybridized carbons (Fsp3) is 0.400. The van der Waals surface area contributed by atoms with Crippen LogP contribution in [-0.4, -0.2) is 41.8 Å². The number of nitrogens with zero attached hydrogens (tertiary/aromatic N) is 2. The zero-order chi connectivity index (χ0) is 16.3. The van der Waals surface area contributed by atoms with Crippen molar-refractivity contribution in [3.8, 4) is 0 Å². The molecule has 0 aromatic heterocycles. The minimum Gasteiger partial charge on any atom is -0.466 e. The van der Waals surface area contributed by atoms with Crippen LogP contribution < -0.4 is 4.90 Å². The lowest BCUT2D eigenvalue weighted by Gasteiger charge is -2.20. The lowest BCUT2D eigenvalue weighted by Crippen LogP contribution is -2.29. The van der Waals surface area contributed by atoms with E-state index in [0.29, 0.717) is 30.8 Å². The molecular formula is C15H18N2O5. The number of nitro benzene ring substituents is 1. The highest BCUT2D eigenvalue weighted by Gasteiger charge is 2.34. The number of anilines is 1. The zero-order valence-corrected chi connectivity index (χ0v) is 12.5. The first-order valence-electron chi connectivity index (χ1n) is 6.84. The number of nitro groups is 1. The van der Waals surface area contributed by atoms with Crippen LogP contribution in [0, 0.1) is 10.1 Å². The second kappa shape index (κ2) is 6.15. The summed E-state index contributed by atoms with van der Waals surface area (Å²) >= 11 is 0. The molecule has 1 saturated heterocycles. The number of benzene rings is 1. The fourth-order valence-corrected chi connectivity index (χ4v) is 2.44. The van der Waals surface area contributed by atoms with Crippen LogP contribution in [0.4, 0.5) is 11.4 Å². The molecule has 1 N–H and O–H groups in total. The quantitative estimate of drug-likeness (QED) is 0.394. The average Bonchev–Trinajstić information content (AvgIpc) is 2.84. The first kappa shape index (κ1) is 16.0. The summed E-state index contributed by atoms with van der Waals surface area (Å²) in [4.78, 5) is 23.7. The molecule has 0 bridgehead atoms. The largest absolute Gasteiger partial charge is 0.466 e. The molecule has 0 spiro atoms. The maximum atomic E-state index is 11.3. The molecule has 1 heterocycles. The summed E-state index contributed by atoms with van der Waals surface area (Å²) in [7, 11) is 1.26. The van der Waals surface area contributed by atoms with Gasteiger partial charge in [-0.05, 0) is 31.1 Å². The number of rotatable bonds is 4. The summed E-state index contributed by atoms with van der Waals surface area (Å²) in [5, 5.41) is 21.3. The Hall–Kier alpha value is -2.41. The van der Waals surface area contributed by atoms with Crippen LogP contribution in [0.1, 0.15) is 18.9 Å². The smallest absolute Gasteiger partial charge is 0.330 e. The van der Waals surface area contributed by atoms with Crippen LogP contribution in [0.5, 0.6) is 0 Å². The van der Waals surface area contributed by atoms with E-state index < -0.39 is 16.5 Å². The number of β-amino-alcohol motifs (C(OH)–C–C–N with tert-alkyl or cyclic N) is 1. The van der Waals surface area contributed by atoms with Gasteiger partial charge in [-0.25, -0.2) is 4.79 Å². The van der Waals surface area contributed by atoms with E-state index in [-0.39, 0.29) is 5.69 Å². The Kier molecular flexibility index (Phi) is 4.46. The fourth-order valence-electron chi connectivity index (χ4n) is 2.44. The normalized spacial score (nSPS) is 21.3. The average molecular weight is 306 g/mol. The van der Waals surface area contributed by atoms with Crippen LogP contribution in [0.2, 0.25) is 0 Å². The molecule has 0 saturated carbocycles. The van der Waals surface area contributed by atoms with E-state index in [9.17, 15) is 20.0 Å². The predicted molar refractivity (Wildman–Crippen MR) is 81.6 cm³/mol. The van der Waals surface area contributed by atoms with Gasteiger partial charge < -0.3 is 14.7 Å². The summed E-state index contributed by atoms with van der Waals surface area (Å²) in [5.74, 6) is -0.526. The van der Waals surface area contributed by atoms with Crippen molar-refractivity contribution in [2.24, 2.45) is 0 Å². The van der Waals surface area contributed by atoms with Gasteiger partial charge in [0.05, 0.1) is 17.6 Å². The Balaban J connectivity index is 2.30. The number of ether oxygens (including phenoxy) is 1. The molecule has 1 atom stereocenters. The lowest BCUT2D eigenvalue weighted by molar-refractivity contribution is -0.384. The van der Waals surface area contributed by atoms with Gasteiger partial charge in [0.15, 0.2) is 0 Å². The predicted octanol–water partition coefficient (Wildman–Crippen LogP) is 1.74. The highest BCUT2D eigenvalue weighted by molar-refractivity contribution is 5.87. The molecule has 1 aromatic carbocycles. The van der Waals surface area contributed by atoms with Crippen molar-refractivity contribution in [3.63, 3.8) is 0 Å². The van der Waals surface area contributed by atoms with Crippen molar-refractivity contribution in [3.05, 3.63) is 40.0 Å². The Morgan fingerprint density at radius 1 is 1.55 bits per heavy atom. The lowest BCUT2D eigenvalue weighted by atomic mass is 10.1. The van der Waals surface area contributed by atoms with E-state index in [1.165, 1.54) is 25.3 Å². The van der Waals surface area contributed by atoms with Gasteiger partial charge in [-0.15, -0.1) is 0 Å². The van der Waals surface area contributed by atoms with Crippen molar-refractivity contribution in [2.45, 2.75) is 18.9 Å². The number of hydrogen-bond acceptors (Lipinski definition) is 6. The number of carbonyl (C=O) groups is 1. The van der Waals surface area contributed by atoms with Crippen molar-refractivity contribution in [2.75, 3.05) is 25.1 Å². The van der Waals surface area contributed by atoms with Crippen molar-refractivity contribution >= 4 is 23.4 Å². The first-order chi connectivity index (χ1) is 10.3. The molecule has 0 aliphatic carbocycles. The number of aliphatic hydroxyl groups is 1. The van der Waals surface area contributed by atoms with Crippen LogP contribution in [0.25, 0.3) is 6.08 Å². The molecule has 1 aliphatic heterocycles. The van der Waals surface area contributed by atoms with E-state index in [4.69, 9.17) is 0 Å². The topological polar surface area (TPSA) is 92.9 Å². The summed E-state index contributed by atoms with van der Waals surface area (Å²) in [6, 6.07) is 4.73. The second-order valence-corrected chi connectivity index (χ2v) is 5.53. The number of hydrogen-bond donors (Lipinski definition) is 1. The SMILES string of the molecule is COC(=O)/C=C/c1ccc(N2CCC(C)(O)C2)c([N+](=O)[O-])c1. The van der Waals surface area contributed by atoms with E-state index in [1.54, 1.807) is 24.0 Å². The van der Waals surface area contributed by atoms with Gasteiger partial charge in [0.2, 0.25) is 0 Å². The maximum Gasteiger partial charge on any atom is 0.330 e. The third kappa shape index (κ3) is 3.62. The van der Waals surface area contributed by atoms with Crippen molar-refractivity contribution < 1.29 is 19.6 Å². The van der Waals surface area contributed by atoms with E-state index in [1.807, 2.05) is 0 Å². The van der Waals surface area contributed by atoms with Gasteiger partial charge in [0, 0.05) is 25.2 Å². The summed E-state index contributed by atoms with van der Waals surface area (Å²) in [5.41, 5.74) is 0.117. The van der Waals surface area contributed by atoms with E-state index in [2.05, 4.69) is 4.74 Å². The number of methoxy groups -OCH3 is 1. The van der Waals surface area contributed by atoms with Gasteiger partial charge in [-0.1, -0.05) is 6.07 Å². The molecule has 1 aromatic rings. The summed E-state index contributed by atoms with van der Waals surface area (Å²) in [6.07, 6.45) is 3.23. The van der Waals surface area contributed by atoms with E-state index in [0.717, 1.165) is 0 Å². The molecule has 1 fully saturated rings. The zero-order valence-electron chi connectivity index (χ0n) is 12.5.